The van der Waals surface area contributed by atoms with E-state index in [0.29, 0.717) is 12.5 Å². The minimum Gasteiger partial charge on any atom is -0.353 e. The van der Waals surface area contributed by atoms with Gasteiger partial charge in [0, 0.05) is 12.6 Å². The first-order chi connectivity index (χ1) is 11.0. The molecule has 1 heterocycles. The van der Waals surface area contributed by atoms with Crippen LogP contribution in [0, 0.1) is 0 Å². The minimum atomic E-state index is -0.152. The predicted molar refractivity (Wildman–Crippen MR) is 95.4 cm³/mol. The lowest BCUT2D eigenvalue weighted by Gasteiger charge is -2.24. The van der Waals surface area contributed by atoms with Crippen molar-refractivity contribution in [3.8, 4) is 0 Å². The summed E-state index contributed by atoms with van der Waals surface area (Å²) in [6.07, 6.45) is 3.16. The third-order valence-corrected chi connectivity index (χ3v) is 4.70. The number of benzene rings is 1. The molecule has 0 saturated carbocycles. The minimum absolute atomic E-state index is 0.0328. The van der Waals surface area contributed by atoms with E-state index in [1.54, 1.807) is 0 Å². The first-order valence-electron chi connectivity index (χ1n) is 8.90. The third-order valence-electron chi connectivity index (χ3n) is 4.70. The maximum Gasteiger partial charge on any atom is 0.237 e. The Morgan fingerprint density at radius 2 is 1.96 bits per heavy atom. The Morgan fingerprint density at radius 3 is 2.57 bits per heavy atom. The number of hydrogen-bond acceptors (Lipinski definition) is 3. The van der Waals surface area contributed by atoms with Gasteiger partial charge in [0.25, 0.3) is 0 Å². The van der Waals surface area contributed by atoms with Gasteiger partial charge in [0.1, 0.15) is 0 Å². The highest BCUT2D eigenvalue weighted by molar-refractivity contribution is 5.82. The van der Waals surface area contributed by atoms with Gasteiger partial charge in [-0.05, 0) is 49.4 Å². The van der Waals surface area contributed by atoms with Gasteiger partial charge in [-0.1, -0.05) is 45.0 Å². The van der Waals surface area contributed by atoms with Crippen LogP contribution in [-0.4, -0.2) is 36.5 Å². The van der Waals surface area contributed by atoms with Crippen LogP contribution in [0.15, 0.2) is 24.3 Å². The van der Waals surface area contributed by atoms with Gasteiger partial charge in [0.2, 0.25) is 5.91 Å². The van der Waals surface area contributed by atoms with Gasteiger partial charge in [0.15, 0.2) is 0 Å². The molecule has 2 unspecified atom stereocenters. The maximum absolute atomic E-state index is 12.4. The van der Waals surface area contributed by atoms with Crippen LogP contribution in [0.4, 0.5) is 0 Å². The molecule has 1 amide bonds. The number of hydrogen-bond donors (Lipinski definition) is 2. The molecule has 4 heteroatoms. The molecule has 2 atom stereocenters. The molecule has 1 aromatic rings. The van der Waals surface area contributed by atoms with Gasteiger partial charge in [-0.2, -0.15) is 0 Å². The zero-order chi connectivity index (χ0) is 16.8. The van der Waals surface area contributed by atoms with Crippen LogP contribution in [0.2, 0.25) is 0 Å². The normalized spacial score (nSPS) is 20.0. The van der Waals surface area contributed by atoms with Gasteiger partial charge in [0.05, 0.1) is 6.04 Å². The van der Waals surface area contributed by atoms with Crippen LogP contribution in [-0.2, 0) is 4.79 Å². The summed E-state index contributed by atoms with van der Waals surface area (Å²) in [7, 11) is 0. The summed E-state index contributed by atoms with van der Waals surface area (Å²) >= 11 is 0. The number of rotatable bonds is 7. The van der Waals surface area contributed by atoms with Crippen molar-refractivity contribution in [2.45, 2.75) is 58.0 Å². The number of carbonyl (C=O) groups excluding carboxylic acids is 1. The maximum atomic E-state index is 12.4. The van der Waals surface area contributed by atoms with Crippen LogP contribution in [0.5, 0.6) is 0 Å². The first-order valence-corrected chi connectivity index (χ1v) is 8.90. The standard InChI is InChI=1S/C19H31N3O/c1-4-11-22-12-5-6-18(22)19(23)21-13-17(20)16-9-7-15(8-10-16)14(2)3/h7-10,14,17-18H,4-6,11-13,20H2,1-3H3,(H,21,23). The SMILES string of the molecule is CCCN1CCCC1C(=O)NCC(N)c1ccc(C(C)C)cc1. The molecular weight excluding hydrogens is 286 g/mol. The largest absolute Gasteiger partial charge is 0.353 e. The topological polar surface area (TPSA) is 58.4 Å². The van der Waals surface area contributed by atoms with E-state index in [1.807, 2.05) is 0 Å². The van der Waals surface area contributed by atoms with E-state index in [0.717, 1.165) is 37.9 Å². The fourth-order valence-corrected chi connectivity index (χ4v) is 3.25. The lowest BCUT2D eigenvalue weighted by molar-refractivity contribution is -0.125. The van der Waals surface area contributed by atoms with Crippen molar-refractivity contribution in [1.82, 2.24) is 10.2 Å². The van der Waals surface area contributed by atoms with Crippen LogP contribution in [0.25, 0.3) is 0 Å². The highest BCUT2D eigenvalue weighted by atomic mass is 16.2. The number of amides is 1. The van der Waals surface area contributed by atoms with Crippen molar-refractivity contribution in [2.75, 3.05) is 19.6 Å². The number of nitrogens with one attached hydrogen (secondary N) is 1. The van der Waals surface area contributed by atoms with Crippen molar-refractivity contribution in [3.63, 3.8) is 0 Å². The van der Waals surface area contributed by atoms with E-state index in [9.17, 15) is 4.79 Å². The van der Waals surface area contributed by atoms with Gasteiger partial charge >= 0.3 is 0 Å². The second-order valence-corrected chi connectivity index (χ2v) is 6.87. The molecule has 3 N–H and O–H groups in total. The number of likely N-dealkylation sites (tertiary alicyclic amines) is 1. The molecule has 0 bridgehead atoms. The Morgan fingerprint density at radius 1 is 1.30 bits per heavy atom. The molecule has 0 aliphatic carbocycles. The average Bonchev–Trinajstić information content (AvgIpc) is 3.01. The third kappa shape index (κ3) is 4.79. The lowest BCUT2D eigenvalue weighted by atomic mass is 9.99. The second-order valence-electron chi connectivity index (χ2n) is 6.87. The van der Waals surface area contributed by atoms with Gasteiger partial charge in [-0.25, -0.2) is 0 Å². The van der Waals surface area contributed by atoms with Crippen LogP contribution in [0.1, 0.15) is 63.1 Å². The van der Waals surface area contributed by atoms with E-state index >= 15 is 0 Å². The van der Waals surface area contributed by atoms with Gasteiger partial charge in [-0.15, -0.1) is 0 Å². The van der Waals surface area contributed by atoms with E-state index in [1.165, 1.54) is 5.56 Å². The predicted octanol–water partition coefficient (Wildman–Crippen LogP) is 2.80. The van der Waals surface area contributed by atoms with Crippen molar-refractivity contribution in [2.24, 2.45) is 5.73 Å². The van der Waals surface area contributed by atoms with Gasteiger partial charge < -0.3 is 11.1 Å². The fourth-order valence-electron chi connectivity index (χ4n) is 3.25. The monoisotopic (exact) mass is 317 g/mol. The Hall–Kier alpha value is -1.39. The zero-order valence-corrected chi connectivity index (χ0v) is 14.7. The van der Waals surface area contributed by atoms with Crippen LogP contribution >= 0.6 is 0 Å². The Kier molecular flexibility index (Phi) is 6.60. The zero-order valence-electron chi connectivity index (χ0n) is 14.7. The summed E-state index contributed by atoms with van der Waals surface area (Å²) in [4.78, 5) is 14.7. The van der Waals surface area contributed by atoms with Crippen molar-refractivity contribution >= 4 is 5.91 Å². The summed E-state index contributed by atoms with van der Waals surface area (Å²) < 4.78 is 0. The first kappa shape index (κ1) is 18.0. The molecule has 1 aliphatic rings. The van der Waals surface area contributed by atoms with Crippen molar-refractivity contribution in [1.29, 1.82) is 0 Å². The summed E-state index contributed by atoms with van der Waals surface area (Å²) in [5, 5.41) is 3.04. The van der Waals surface area contributed by atoms with Crippen molar-refractivity contribution < 1.29 is 4.79 Å². The summed E-state index contributed by atoms with van der Waals surface area (Å²) in [5.74, 6) is 0.650. The molecular formula is C19H31N3O. The molecule has 1 saturated heterocycles. The van der Waals surface area contributed by atoms with Gasteiger partial charge in [-0.3, -0.25) is 9.69 Å². The molecule has 4 nitrogen and oxygen atoms in total. The molecule has 23 heavy (non-hydrogen) atoms. The lowest BCUT2D eigenvalue weighted by Crippen LogP contribution is -2.45. The number of carbonyl (C=O) groups is 1. The van der Waals surface area contributed by atoms with E-state index < -0.39 is 0 Å². The number of nitrogens with two attached hydrogens (primary N) is 1. The molecule has 0 spiro atoms. The molecule has 2 rings (SSSR count). The van der Waals surface area contributed by atoms with E-state index in [4.69, 9.17) is 5.73 Å². The molecule has 1 aliphatic heterocycles. The second kappa shape index (κ2) is 8.46. The molecule has 1 aromatic carbocycles. The molecule has 1 fully saturated rings. The quantitative estimate of drug-likeness (QED) is 0.813. The Balaban J connectivity index is 1.85. The van der Waals surface area contributed by atoms with Crippen molar-refractivity contribution in [3.05, 3.63) is 35.4 Å². The molecule has 0 radical (unpaired) electrons. The van der Waals surface area contributed by atoms with Crippen LogP contribution < -0.4 is 11.1 Å². The Labute approximate surface area is 140 Å². The summed E-state index contributed by atoms with van der Waals surface area (Å²) in [5.41, 5.74) is 8.62. The number of nitrogens with zero attached hydrogens (tertiary/aromatic N) is 1. The van der Waals surface area contributed by atoms with E-state index in [2.05, 4.69) is 55.3 Å². The average molecular weight is 317 g/mol. The fraction of sp³-hybridized carbons (Fsp3) is 0.632. The summed E-state index contributed by atoms with van der Waals surface area (Å²) in [6.45, 7) is 9.05. The smallest absolute Gasteiger partial charge is 0.237 e. The summed E-state index contributed by atoms with van der Waals surface area (Å²) in [6, 6.07) is 8.28. The highest BCUT2D eigenvalue weighted by Gasteiger charge is 2.29. The molecule has 128 valence electrons. The van der Waals surface area contributed by atoms with Crippen LogP contribution in [0.3, 0.4) is 0 Å². The van der Waals surface area contributed by atoms with E-state index in [-0.39, 0.29) is 18.0 Å². The Bertz CT molecular complexity index is 498. The highest BCUT2D eigenvalue weighted by Crippen LogP contribution is 2.19. The molecule has 0 aromatic heterocycles.